The molecule has 0 heterocycles. The number of aryl methyl sites for hydroxylation is 5. The fraction of sp³-hybridized carbons (Fsp3) is 0.123. The third-order valence-corrected chi connectivity index (χ3v) is 12.1. The van der Waals surface area contributed by atoms with Crippen molar-refractivity contribution in [2.45, 2.75) is 40.0 Å². The number of ether oxygens (including phenoxy) is 3. The molecule has 0 bridgehead atoms. The van der Waals surface area contributed by atoms with Crippen LogP contribution in [0.15, 0.2) is 170 Å². The third kappa shape index (κ3) is 7.05. The van der Waals surface area contributed by atoms with Gasteiger partial charge in [-0.2, -0.15) is 0 Å². The molecule has 1 aliphatic rings. The molecule has 0 unspecified atom stereocenters. The summed E-state index contributed by atoms with van der Waals surface area (Å²) in [6.07, 6.45) is 0. The van der Waals surface area contributed by atoms with Crippen LogP contribution in [0.1, 0.15) is 81.9 Å². The van der Waals surface area contributed by atoms with Crippen LogP contribution in [0.2, 0.25) is 0 Å². The Morgan fingerprint density at radius 1 is 0.403 bits per heavy atom. The maximum absolute atomic E-state index is 13.6. The summed E-state index contributed by atoms with van der Waals surface area (Å²) in [6.45, 7) is 10.4. The van der Waals surface area contributed by atoms with Gasteiger partial charge in [0.15, 0.2) is 11.6 Å². The Balaban J connectivity index is 0.941. The van der Waals surface area contributed by atoms with Gasteiger partial charge in [0.2, 0.25) is 0 Å². The Morgan fingerprint density at radius 2 is 0.742 bits per heavy atom. The van der Waals surface area contributed by atoms with E-state index < -0.39 is 5.41 Å². The average molecular weight is 811 g/mol. The first-order chi connectivity index (χ1) is 30.0. The maximum Gasteiger partial charge on any atom is 0.193 e. The van der Waals surface area contributed by atoms with Gasteiger partial charge in [-0.05, 0) is 163 Å². The van der Waals surface area contributed by atoms with E-state index in [1.54, 1.807) is 67.8 Å². The summed E-state index contributed by atoms with van der Waals surface area (Å²) in [5, 5.41) is 0. The van der Waals surface area contributed by atoms with E-state index in [-0.39, 0.29) is 11.6 Å². The van der Waals surface area contributed by atoms with Gasteiger partial charge in [0, 0.05) is 22.3 Å². The van der Waals surface area contributed by atoms with Crippen molar-refractivity contribution < 1.29 is 23.8 Å². The highest BCUT2D eigenvalue weighted by Gasteiger charge is 2.46. The molecule has 62 heavy (non-hydrogen) atoms. The average Bonchev–Trinajstić information content (AvgIpc) is 3.59. The number of ketones is 2. The van der Waals surface area contributed by atoms with Gasteiger partial charge >= 0.3 is 0 Å². The van der Waals surface area contributed by atoms with Crippen LogP contribution < -0.4 is 14.2 Å². The first kappa shape index (κ1) is 39.9. The predicted molar refractivity (Wildman–Crippen MR) is 247 cm³/mol. The Bertz CT molecular complexity index is 2900. The van der Waals surface area contributed by atoms with Crippen LogP contribution in [0.3, 0.4) is 0 Å². The van der Waals surface area contributed by atoms with Gasteiger partial charge in [-0.15, -0.1) is 0 Å². The van der Waals surface area contributed by atoms with E-state index in [1.165, 1.54) is 33.4 Å². The number of carbonyl (C=O) groups is 2. The summed E-state index contributed by atoms with van der Waals surface area (Å²) in [6, 6.07) is 55.6. The molecule has 1 aliphatic carbocycles. The minimum absolute atomic E-state index is 0.0414. The summed E-state index contributed by atoms with van der Waals surface area (Å²) in [4.78, 5) is 26.5. The first-order valence-electron chi connectivity index (χ1n) is 20.8. The molecule has 5 nitrogen and oxygen atoms in total. The highest BCUT2D eigenvalue weighted by Crippen LogP contribution is 2.57. The SMILES string of the molecule is COc1c(C)cc(C2(c3cc(C)c(Oc4ccc(C(=O)c5ccc(Oc6ccc(C(=O)c7ccc(C)cc7)cc6)cc5)cc4)c(C)c3)c3ccccc3-c3ccccc32)cc1C. The van der Waals surface area contributed by atoms with Crippen LogP contribution in [-0.4, -0.2) is 18.7 Å². The van der Waals surface area contributed by atoms with E-state index in [0.717, 1.165) is 39.3 Å². The van der Waals surface area contributed by atoms with Crippen molar-refractivity contribution in [1.82, 2.24) is 0 Å². The molecule has 0 radical (unpaired) electrons. The lowest BCUT2D eigenvalue weighted by Gasteiger charge is -2.35. The second kappa shape index (κ2) is 16.2. The van der Waals surface area contributed by atoms with Gasteiger partial charge < -0.3 is 14.2 Å². The lowest BCUT2D eigenvalue weighted by Crippen LogP contribution is -2.29. The van der Waals surface area contributed by atoms with Gasteiger partial charge in [-0.25, -0.2) is 0 Å². The van der Waals surface area contributed by atoms with Gasteiger partial charge in [-0.1, -0.05) is 103 Å². The summed E-state index contributed by atoms with van der Waals surface area (Å²) < 4.78 is 18.5. The lowest BCUT2D eigenvalue weighted by molar-refractivity contribution is 0.103. The Labute approximate surface area is 363 Å². The molecule has 0 spiro atoms. The zero-order chi connectivity index (χ0) is 43.1. The van der Waals surface area contributed by atoms with Crippen LogP contribution in [0.25, 0.3) is 11.1 Å². The number of benzene rings is 8. The maximum atomic E-state index is 13.6. The zero-order valence-corrected chi connectivity index (χ0v) is 35.7. The molecule has 0 atom stereocenters. The number of fused-ring (bicyclic) bond motifs is 3. The van der Waals surface area contributed by atoms with Crippen molar-refractivity contribution in [3.05, 3.63) is 242 Å². The van der Waals surface area contributed by atoms with Crippen molar-refractivity contribution in [1.29, 1.82) is 0 Å². The van der Waals surface area contributed by atoms with Crippen molar-refractivity contribution in [2.24, 2.45) is 0 Å². The summed E-state index contributed by atoms with van der Waals surface area (Å²) >= 11 is 0. The summed E-state index contributed by atoms with van der Waals surface area (Å²) in [7, 11) is 1.73. The second-order valence-corrected chi connectivity index (χ2v) is 16.2. The van der Waals surface area contributed by atoms with Crippen LogP contribution in [0.4, 0.5) is 0 Å². The highest BCUT2D eigenvalue weighted by molar-refractivity contribution is 6.09. The normalized spacial score (nSPS) is 12.3. The molecular weight excluding hydrogens is 765 g/mol. The largest absolute Gasteiger partial charge is 0.496 e. The van der Waals surface area contributed by atoms with E-state index in [4.69, 9.17) is 14.2 Å². The predicted octanol–water partition coefficient (Wildman–Crippen LogP) is 13.6. The van der Waals surface area contributed by atoms with E-state index >= 15 is 0 Å². The molecule has 9 rings (SSSR count). The van der Waals surface area contributed by atoms with E-state index in [0.29, 0.717) is 39.5 Å². The number of hydrogen-bond acceptors (Lipinski definition) is 5. The van der Waals surface area contributed by atoms with Gasteiger partial charge in [0.1, 0.15) is 28.7 Å². The van der Waals surface area contributed by atoms with E-state index in [1.807, 2.05) is 43.3 Å². The Morgan fingerprint density at radius 3 is 1.13 bits per heavy atom. The van der Waals surface area contributed by atoms with Crippen molar-refractivity contribution >= 4 is 11.6 Å². The van der Waals surface area contributed by atoms with Crippen LogP contribution >= 0.6 is 0 Å². The van der Waals surface area contributed by atoms with Gasteiger partial charge in [-0.3, -0.25) is 9.59 Å². The third-order valence-electron chi connectivity index (χ3n) is 12.1. The number of hydrogen-bond donors (Lipinski definition) is 0. The molecule has 8 aromatic rings. The molecular formula is C57H46O5. The van der Waals surface area contributed by atoms with Gasteiger partial charge in [0.05, 0.1) is 12.5 Å². The van der Waals surface area contributed by atoms with Crippen molar-refractivity contribution in [2.75, 3.05) is 7.11 Å². The van der Waals surface area contributed by atoms with Crippen LogP contribution in [-0.2, 0) is 5.41 Å². The Hall–Kier alpha value is -7.50. The molecule has 0 fully saturated rings. The molecule has 0 amide bonds. The fourth-order valence-corrected chi connectivity index (χ4v) is 9.16. The summed E-state index contributed by atoms with van der Waals surface area (Å²) in [5.41, 5.74) is 14.4. The molecule has 0 saturated carbocycles. The quantitative estimate of drug-likeness (QED) is 0.122. The minimum Gasteiger partial charge on any atom is -0.496 e. The summed E-state index contributed by atoms with van der Waals surface area (Å²) in [5.74, 6) is 3.36. The topological polar surface area (TPSA) is 61.8 Å². The molecule has 0 saturated heterocycles. The smallest absolute Gasteiger partial charge is 0.193 e. The Kier molecular flexibility index (Phi) is 10.4. The molecule has 304 valence electrons. The fourth-order valence-electron chi connectivity index (χ4n) is 9.16. The van der Waals surface area contributed by atoms with E-state index in [2.05, 4.69) is 100 Å². The monoisotopic (exact) mass is 810 g/mol. The van der Waals surface area contributed by atoms with E-state index in [9.17, 15) is 9.59 Å². The molecule has 5 heteroatoms. The first-order valence-corrected chi connectivity index (χ1v) is 20.8. The van der Waals surface area contributed by atoms with Crippen LogP contribution in [0.5, 0.6) is 28.7 Å². The lowest BCUT2D eigenvalue weighted by atomic mass is 9.66. The standard InChI is InChI=1S/C57H46O5/c1-35-15-17-40(18-16-35)53(58)41-19-25-46(26-20-41)61-47-27-21-42(22-28-47)54(59)43-23-29-48(30-24-43)62-56-38(4)33-45(34-39(56)5)57(44-31-36(2)55(60-6)37(3)32-44)51-13-9-7-11-49(51)50-12-8-10-14-52(50)57/h7-34H,1-6H3. The minimum atomic E-state index is -0.565. The second-order valence-electron chi connectivity index (χ2n) is 16.2. The molecule has 0 N–H and O–H groups in total. The number of rotatable bonds is 11. The van der Waals surface area contributed by atoms with Crippen molar-refractivity contribution in [3.63, 3.8) is 0 Å². The molecule has 8 aromatic carbocycles. The highest BCUT2D eigenvalue weighted by atomic mass is 16.5. The molecule has 0 aliphatic heterocycles. The zero-order valence-electron chi connectivity index (χ0n) is 35.7. The number of methoxy groups -OCH3 is 1. The molecule has 0 aromatic heterocycles. The van der Waals surface area contributed by atoms with Crippen LogP contribution in [0, 0.1) is 34.6 Å². The van der Waals surface area contributed by atoms with Crippen molar-refractivity contribution in [3.8, 4) is 39.9 Å². The van der Waals surface area contributed by atoms with Gasteiger partial charge in [0.25, 0.3) is 0 Å². The number of carbonyl (C=O) groups excluding carboxylic acids is 2.